The molecule has 3 N–H and O–H groups in total. The van der Waals surface area contributed by atoms with Crippen LogP contribution in [0.4, 0.5) is 0 Å². The topological polar surface area (TPSA) is 75.4 Å². The molecule has 5 nitrogen and oxygen atoms in total. The van der Waals surface area contributed by atoms with Gasteiger partial charge in [0, 0.05) is 31.6 Å². The fourth-order valence-electron chi connectivity index (χ4n) is 2.62. The number of carbonyl (C=O) groups is 2. The van der Waals surface area contributed by atoms with E-state index in [9.17, 15) is 9.59 Å². The van der Waals surface area contributed by atoms with Crippen LogP contribution in [-0.2, 0) is 11.2 Å². The summed E-state index contributed by atoms with van der Waals surface area (Å²) >= 11 is 0. The van der Waals surface area contributed by atoms with Crippen LogP contribution in [0.5, 0.6) is 0 Å². The van der Waals surface area contributed by atoms with Crippen LogP contribution in [-0.4, -0.2) is 42.4 Å². The van der Waals surface area contributed by atoms with E-state index in [1.807, 2.05) is 24.3 Å². The largest absolute Gasteiger partial charge is 0.352 e. The first kappa shape index (κ1) is 14.5. The van der Waals surface area contributed by atoms with E-state index >= 15 is 0 Å². The minimum absolute atomic E-state index is 0.0295. The fourth-order valence-corrected chi connectivity index (χ4v) is 2.62. The molecule has 2 rings (SSSR count). The highest BCUT2D eigenvalue weighted by Crippen LogP contribution is 2.17. The Morgan fingerprint density at radius 1 is 1.40 bits per heavy atom. The normalized spacial score (nSPS) is 18.1. The Kier molecular flexibility index (Phi) is 4.74. The van der Waals surface area contributed by atoms with Gasteiger partial charge in [0.15, 0.2) is 0 Å². The maximum Gasteiger partial charge on any atom is 0.254 e. The molecule has 1 aliphatic heterocycles. The zero-order chi connectivity index (χ0) is 14.5. The van der Waals surface area contributed by atoms with Gasteiger partial charge in [0.1, 0.15) is 0 Å². The highest BCUT2D eigenvalue weighted by atomic mass is 16.2. The van der Waals surface area contributed by atoms with E-state index in [-0.39, 0.29) is 17.9 Å². The fraction of sp³-hybridized carbons (Fsp3) is 0.467. The maximum atomic E-state index is 12.5. The minimum atomic E-state index is -0.0483. The molecule has 0 aromatic heterocycles. The van der Waals surface area contributed by atoms with E-state index in [0.29, 0.717) is 26.1 Å². The molecule has 1 aliphatic rings. The van der Waals surface area contributed by atoms with Gasteiger partial charge in [-0.15, -0.1) is 0 Å². The third-order valence-corrected chi connectivity index (χ3v) is 3.54. The number of carbonyl (C=O) groups excluding carboxylic acids is 2. The van der Waals surface area contributed by atoms with Crippen LogP contribution in [0.2, 0.25) is 0 Å². The SMILES string of the molecule is CC(=O)NC1CCN(C(=O)c2ccccc2CCN)C1. The zero-order valence-electron chi connectivity index (χ0n) is 11.8. The second-order valence-electron chi connectivity index (χ2n) is 5.13. The summed E-state index contributed by atoms with van der Waals surface area (Å²) in [6.45, 7) is 3.29. The number of hydrogen-bond donors (Lipinski definition) is 2. The van der Waals surface area contributed by atoms with E-state index in [2.05, 4.69) is 5.32 Å². The van der Waals surface area contributed by atoms with Gasteiger partial charge in [0.2, 0.25) is 5.91 Å². The first-order valence-electron chi connectivity index (χ1n) is 6.96. The summed E-state index contributed by atoms with van der Waals surface area (Å²) in [4.78, 5) is 25.4. The average molecular weight is 275 g/mol. The van der Waals surface area contributed by atoms with Gasteiger partial charge in [-0.05, 0) is 31.0 Å². The molecule has 1 saturated heterocycles. The van der Waals surface area contributed by atoms with Crippen molar-refractivity contribution in [2.45, 2.75) is 25.8 Å². The summed E-state index contributed by atoms with van der Waals surface area (Å²) in [6, 6.07) is 7.65. The molecule has 1 aromatic rings. The van der Waals surface area contributed by atoms with E-state index in [1.54, 1.807) is 4.90 Å². The molecule has 0 spiro atoms. The standard InChI is InChI=1S/C15H21N3O2/c1-11(19)17-13-7-9-18(10-13)15(20)14-5-3-2-4-12(14)6-8-16/h2-5,13H,6-10,16H2,1H3,(H,17,19). The van der Waals surface area contributed by atoms with Crippen LogP contribution >= 0.6 is 0 Å². The van der Waals surface area contributed by atoms with E-state index in [1.165, 1.54) is 6.92 Å². The number of hydrogen-bond acceptors (Lipinski definition) is 3. The van der Waals surface area contributed by atoms with Crippen molar-refractivity contribution in [3.05, 3.63) is 35.4 Å². The summed E-state index contributed by atoms with van der Waals surface area (Å²) in [6.07, 6.45) is 1.51. The van der Waals surface area contributed by atoms with Gasteiger partial charge >= 0.3 is 0 Å². The molecule has 20 heavy (non-hydrogen) atoms. The lowest BCUT2D eigenvalue weighted by Gasteiger charge is -2.18. The lowest BCUT2D eigenvalue weighted by Crippen LogP contribution is -2.37. The Morgan fingerprint density at radius 2 is 2.15 bits per heavy atom. The van der Waals surface area contributed by atoms with Crippen molar-refractivity contribution in [1.29, 1.82) is 0 Å². The highest BCUT2D eigenvalue weighted by molar-refractivity contribution is 5.96. The number of benzene rings is 1. The van der Waals surface area contributed by atoms with Crippen molar-refractivity contribution in [2.24, 2.45) is 5.73 Å². The predicted molar refractivity (Wildman–Crippen MR) is 77.3 cm³/mol. The van der Waals surface area contributed by atoms with Crippen LogP contribution in [0.1, 0.15) is 29.3 Å². The van der Waals surface area contributed by atoms with Gasteiger partial charge in [0.05, 0.1) is 0 Å². The third kappa shape index (κ3) is 3.36. The van der Waals surface area contributed by atoms with Gasteiger partial charge in [-0.2, -0.15) is 0 Å². The van der Waals surface area contributed by atoms with Crippen LogP contribution in [0.15, 0.2) is 24.3 Å². The maximum absolute atomic E-state index is 12.5. The lowest BCUT2D eigenvalue weighted by atomic mass is 10.0. The molecule has 1 heterocycles. The Balaban J connectivity index is 2.07. The molecule has 0 bridgehead atoms. The van der Waals surface area contributed by atoms with Crippen molar-refractivity contribution in [3.63, 3.8) is 0 Å². The first-order chi connectivity index (χ1) is 9.61. The Morgan fingerprint density at radius 3 is 2.85 bits per heavy atom. The summed E-state index contributed by atoms with van der Waals surface area (Å²) in [5.74, 6) is -0.0188. The Labute approximate surface area is 119 Å². The average Bonchev–Trinajstić information content (AvgIpc) is 2.86. The second-order valence-corrected chi connectivity index (χ2v) is 5.13. The number of rotatable bonds is 4. The molecule has 5 heteroatoms. The third-order valence-electron chi connectivity index (χ3n) is 3.54. The molecular weight excluding hydrogens is 254 g/mol. The minimum Gasteiger partial charge on any atom is -0.352 e. The number of nitrogens with one attached hydrogen (secondary N) is 1. The van der Waals surface area contributed by atoms with Crippen LogP contribution in [0.25, 0.3) is 0 Å². The lowest BCUT2D eigenvalue weighted by molar-refractivity contribution is -0.119. The summed E-state index contributed by atoms with van der Waals surface area (Å²) in [7, 11) is 0. The molecule has 108 valence electrons. The van der Waals surface area contributed by atoms with Gasteiger partial charge in [-0.25, -0.2) is 0 Å². The van der Waals surface area contributed by atoms with Gasteiger partial charge in [-0.3, -0.25) is 9.59 Å². The van der Waals surface area contributed by atoms with Crippen molar-refractivity contribution >= 4 is 11.8 Å². The van der Waals surface area contributed by atoms with E-state index in [0.717, 1.165) is 17.5 Å². The summed E-state index contributed by atoms with van der Waals surface area (Å²) in [5.41, 5.74) is 7.30. The molecule has 1 fully saturated rings. The van der Waals surface area contributed by atoms with Gasteiger partial charge in [0.25, 0.3) is 5.91 Å². The van der Waals surface area contributed by atoms with Crippen molar-refractivity contribution < 1.29 is 9.59 Å². The van der Waals surface area contributed by atoms with Crippen molar-refractivity contribution in [3.8, 4) is 0 Å². The molecule has 0 aliphatic carbocycles. The smallest absolute Gasteiger partial charge is 0.254 e. The molecule has 0 radical (unpaired) electrons. The van der Waals surface area contributed by atoms with E-state index < -0.39 is 0 Å². The first-order valence-corrected chi connectivity index (χ1v) is 6.96. The zero-order valence-corrected chi connectivity index (χ0v) is 11.8. The van der Waals surface area contributed by atoms with Crippen molar-refractivity contribution in [2.75, 3.05) is 19.6 Å². The predicted octanol–water partition coefficient (Wildman–Crippen LogP) is 0.538. The number of nitrogens with two attached hydrogens (primary N) is 1. The summed E-state index contributed by atoms with van der Waals surface area (Å²) in [5, 5.41) is 2.86. The monoisotopic (exact) mass is 275 g/mol. The van der Waals surface area contributed by atoms with Crippen LogP contribution < -0.4 is 11.1 Å². The van der Waals surface area contributed by atoms with Crippen molar-refractivity contribution in [1.82, 2.24) is 10.2 Å². The Hall–Kier alpha value is -1.88. The van der Waals surface area contributed by atoms with Gasteiger partial charge in [-0.1, -0.05) is 18.2 Å². The van der Waals surface area contributed by atoms with Crippen LogP contribution in [0, 0.1) is 0 Å². The van der Waals surface area contributed by atoms with E-state index in [4.69, 9.17) is 5.73 Å². The summed E-state index contributed by atoms with van der Waals surface area (Å²) < 4.78 is 0. The molecule has 1 unspecified atom stereocenters. The number of likely N-dealkylation sites (tertiary alicyclic amines) is 1. The van der Waals surface area contributed by atoms with Crippen LogP contribution in [0.3, 0.4) is 0 Å². The second kappa shape index (κ2) is 6.52. The molecule has 0 saturated carbocycles. The van der Waals surface area contributed by atoms with Gasteiger partial charge < -0.3 is 16.0 Å². The Bertz CT molecular complexity index is 502. The molecular formula is C15H21N3O2. The quantitative estimate of drug-likeness (QED) is 0.842. The number of amides is 2. The molecule has 1 aromatic carbocycles. The number of nitrogens with zero attached hydrogens (tertiary/aromatic N) is 1. The highest BCUT2D eigenvalue weighted by Gasteiger charge is 2.28. The molecule has 2 amide bonds. The molecule has 1 atom stereocenters.